The largest absolute Gasteiger partial charge is 0.497 e. The summed E-state index contributed by atoms with van der Waals surface area (Å²) in [7, 11) is 3.31. The van der Waals surface area contributed by atoms with Crippen LogP contribution >= 0.6 is 11.3 Å². The molecule has 0 bridgehead atoms. The molecule has 0 amide bonds. The van der Waals surface area contributed by atoms with E-state index in [1.807, 2.05) is 54.8 Å². The van der Waals surface area contributed by atoms with E-state index in [0.29, 0.717) is 12.4 Å². The van der Waals surface area contributed by atoms with Crippen molar-refractivity contribution >= 4 is 11.3 Å². The third kappa shape index (κ3) is 3.36. The van der Waals surface area contributed by atoms with E-state index in [1.165, 1.54) is 0 Å². The highest BCUT2D eigenvalue weighted by atomic mass is 32.1. The van der Waals surface area contributed by atoms with Gasteiger partial charge in [-0.3, -0.25) is 0 Å². The van der Waals surface area contributed by atoms with Crippen LogP contribution in [0.4, 0.5) is 0 Å². The zero-order valence-corrected chi connectivity index (χ0v) is 14.7. The summed E-state index contributed by atoms with van der Waals surface area (Å²) < 4.78 is 16.3. The third-order valence-electron chi connectivity index (χ3n) is 3.58. The molecule has 0 saturated heterocycles. The summed E-state index contributed by atoms with van der Waals surface area (Å²) in [5.74, 6) is 2.28. The Hall–Kier alpha value is -2.53. The molecule has 0 radical (unpaired) electrons. The van der Waals surface area contributed by atoms with E-state index in [9.17, 15) is 0 Å². The van der Waals surface area contributed by atoms with Crippen LogP contribution in [0.3, 0.4) is 0 Å². The molecule has 0 unspecified atom stereocenters. The zero-order chi connectivity index (χ0) is 16.9. The van der Waals surface area contributed by atoms with Crippen molar-refractivity contribution in [2.45, 2.75) is 6.92 Å². The molecule has 0 aliphatic heterocycles. The summed E-state index contributed by atoms with van der Waals surface area (Å²) in [6.45, 7) is 2.56. The van der Waals surface area contributed by atoms with E-state index in [0.717, 1.165) is 33.3 Å². The first-order chi connectivity index (χ1) is 11.7. The number of methoxy groups -OCH3 is 2. The van der Waals surface area contributed by atoms with Crippen LogP contribution < -0.4 is 14.2 Å². The van der Waals surface area contributed by atoms with E-state index >= 15 is 0 Å². The van der Waals surface area contributed by atoms with Crippen molar-refractivity contribution in [1.29, 1.82) is 0 Å². The molecule has 124 valence electrons. The van der Waals surface area contributed by atoms with Crippen LogP contribution in [0, 0.1) is 0 Å². The second kappa shape index (κ2) is 7.36. The molecule has 1 aromatic heterocycles. The Bertz CT molecular complexity index is 829. The summed E-state index contributed by atoms with van der Waals surface area (Å²) in [5.41, 5.74) is 2.98. The molecular formula is C19H19NO3S. The summed E-state index contributed by atoms with van der Waals surface area (Å²) in [6.07, 6.45) is 0. The highest BCUT2D eigenvalue weighted by molar-refractivity contribution is 7.13. The standard InChI is InChI=1S/C19H19NO3S/c1-4-23-17-9-8-14(11-18(17)22-3)19-20-16(12-24-19)13-6-5-7-15(10-13)21-2/h5-12H,4H2,1-3H3. The molecule has 0 aliphatic carbocycles. The molecule has 2 aromatic carbocycles. The van der Waals surface area contributed by atoms with E-state index in [1.54, 1.807) is 25.6 Å². The molecule has 0 saturated carbocycles. The number of thiazole rings is 1. The van der Waals surface area contributed by atoms with Crippen molar-refractivity contribution in [2.24, 2.45) is 0 Å². The Morgan fingerprint density at radius 2 is 1.83 bits per heavy atom. The van der Waals surface area contributed by atoms with Crippen LogP contribution in [0.25, 0.3) is 21.8 Å². The van der Waals surface area contributed by atoms with Crippen molar-refractivity contribution < 1.29 is 14.2 Å². The Balaban J connectivity index is 1.92. The second-order valence-electron chi connectivity index (χ2n) is 5.07. The fraction of sp³-hybridized carbons (Fsp3) is 0.211. The van der Waals surface area contributed by atoms with Gasteiger partial charge in [0.2, 0.25) is 0 Å². The number of rotatable bonds is 6. The monoisotopic (exact) mass is 341 g/mol. The molecule has 0 fully saturated rings. The molecule has 0 spiro atoms. The van der Waals surface area contributed by atoms with E-state index < -0.39 is 0 Å². The lowest BCUT2D eigenvalue weighted by Gasteiger charge is -2.09. The first-order valence-corrected chi connectivity index (χ1v) is 8.54. The van der Waals surface area contributed by atoms with Crippen LogP contribution in [-0.2, 0) is 0 Å². The number of hydrogen-bond donors (Lipinski definition) is 0. The van der Waals surface area contributed by atoms with Gasteiger partial charge in [-0.25, -0.2) is 4.98 Å². The van der Waals surface area contributed by atoms with Crippen LogP contribution in [-0.4, -0.2) is 25.8 Å². The first kappa shape index (κ1) is 16.3. The lowest BCUT2D eigenvalue weighted by atomic mass is 10.1. The predicted octanol–water partition coefficient (Wildman–Crippen LogP) is 4.89. The normalized spacial score (nSPS) is 10.5. The summed E-state index contributed by atoms with van der Waals surface area (Å²) in [5, 5.41) is 2.99. The number of nitrogens with zero attached hydrogens (tertiary/aromatic N) is 1. The molecule has 3 rings (SSSR count). The third-order valence-corrected chi connectivity index (χ3v) is 4.47. The van der Waals surface area contributed by atoms with Crippen LogP contribution in [0.2, 0.25) is 0 Å². The molecule has 3 aromatic rings. The zero-order valence-electron chi connectivity index (χ0n) is 13.9. The second-order valence-corrected chi connectivity index (χ2v) is 5.93. The predicted molar refractivity (Wildman–Crippen MR) is 97.3 cm³/mol. The van der Waals surface area contributed by atoms with Crippen LogP contribution in [0.1, 0.15) is 6.92 Å². The van der Waals surface area contributed by atoms with Gasteiger partial charge in [0.1, 0.15) is 10.8 Å². The number of ether oxygens (including phenoxy) is 3. The fourth-order valence-corrected chi connectivity index (χ4v) is 3.22. The minimum absolute atomic E-state index is 0.604. The first-order valence-electron chi connectivity index (χ1n) is 7.66. The van der Waals surface area contributed by atoms with Gasteiger partial charge in [-0.2, -0.15) is 0 Å². The summed E-state index contributed by atoms with van der Waals surface area (Å²) in [4.78, 5) is 4.74. The smallest absolute Gasteiger partial charge is 0.161 e. The Labute approximate surface area is 145 Å². The number of hydrogen-bond acceptors (Lipinski definition) is 5. The lowest BCUT2D eigenvalue weighted by molar-refractivity contribution is 0.311. The molecule has 0 N–H and O–H groups in total. The lowest BCUT2D eigenvalue weighted by Crippen LogP contribution is -1.95. The number of aromatic nitrogens is 1. The maximum absolute atomic E-state index is 5.56. The van der Waals surface area contributed by atoms with Crippen LogP contribution in [0.15, 0.2) is 47.8 Å². The van der Waals surface area contributed by atoms with Crippen LogP contribution in [0.5, 0.6) is 17.2 Å². The number of benzene rings is 2. The maximum Gasteiger partial charge on any atom is 0.161 e. The van der Waals surface area contributed by atoms with Gasteiger partial charge in [-0.05, 0) is 37.3 Å². The Morgan fingerprint density at radius 3 is 2.58 bits per heavy atom. The van der Waals surface area contributed by atoms with E-state index in [4.69, 9.17) is 19.2 Å². The topological polar surface area (TPSA) is 40.6 Å². The minimum Gasteiger partial charge on any atom is -0.497 e. The van der Waals surface area contributed by atoms with Gasteiger partial charge in [0, 0.05) is 16.5 Å². The molecule has 1 heterocycles. The summed E-state index contributed by atoms with van der Waals surface area (Å²) in [6, 6.07) is 13.8. The van der Waals surface area contributed by atoms with Gasteiger partial charge in [-0.1, -0.05) is 12.1 Å². The van der Waals surface area contributed by atoms with Gasteiger partial charge < -0.3 is 14.2 Å². The highest BCUT2D eigenvalue weighted by Gasteiger charge is 2.11. The van der Waals surface area contributed by atoms with Crippen molar-refractivity contribution in [3.63, 3.8) is 0 Å². The summed E-state index contributed by atoms with van der Waals surface area (Å²) >= 11 is 1.60. The van der Waals surface area contributed by atoms with Gasteiger partial charge in [0.25, 0.3) is 0 Å². The molecule has 24 heavy (non-hydrogen) atoms. The van der Waals surface area contributed by atoms with Gasteiger partial charge in [0.05, 0.1) is 26.5 Å². The van der Waals surface area contributed by atoms with Crippen molar-refractivity contribution in [1.82, 2.24) is 4.98 Å². The van der Waals surface area contributed by atoms with Gasteiger partial charge in [-0.15, -0.1) is 11.3 Å². The molecular weight excluding hydrogens is 322 g/mol. The van der Waals surface area contributed by atoms with E-state index in [2.05, 4.69) is 0 Å². The minimum atomic E-state index is 0.604. The fourth-order valence-electron chi connectivity index (χ4n) is 2.40. The Morgan fingerprint density at radius 1 is 0.958 bits per heavy atom. The van der Waals surface area contributed by atoms with Crippen molar-refractivity contribution in [2.75, 3.05) is 20.8 Å². The SMILES string of the molecule is CCOc1ccc(-c2nc(-c3cccc(OC)c3)cs2)cc1OC. The average Bonchev–Trinajstić information content (AvgIpc) is 3.12. The molecule has 5 heteroatoms. The molecule has 0 aliphatic rings. The van der Waals surface area contributed by atoms with Gasteiger partial charge >= 0.3 is 0 Å². The van der Waals surface area contributed by atoms with Crippen molar-refractivity contribution in [3.05, 3.63) is 47.8 Å². The maximum atomic E-state index is 5.56. The highest BCUT2D eigenvalue weighted by Crippen LogP contribution is 2.35. The quantitative estimate of drug-likeness (QED) is 0.640. The van der Waals surface area contributed by atoms with Gasteiger partial charge in [0.15, 0.2) is 11.5 Å². The molecule has 0 atom stereocenters. The van der Waals surface area contributed by atoms with Crippen molar-refractivity contribution in [3.8, 4) is 39.1 Å². The van der Waals surface area contributed by atoms with E-state index in [-0.39, 0.29) is 0 Å². The molecule has 4 nitrogen and oxygen atoms in total. The average molecular weight is 341 g/mol. The Kier molecular flexibility index (Phi) is 5.01.